The Morgan fingerprint density at radius 2 is 1.61 bits per heavy atom. The molecule has 1 aromatic rings. The summed E-state index contributed by atoms with van der Waals surface area (Å²) in [5.41, 5.74) is 0.265. The van der Waals surface area contributed by atoms with Crippen LogP contribution in [0.3, 0.4) is 0 Å². The van der Waals surface area contributed by atoms with Gasteiger partial charge in [-0.05, 0) is 17.7 Å². The average molecular weight is 269 g/mol. The van der Waals surface area contributed by atoms with Crippen LogP contribution in [0, 0.1) is 11.6 Å². The van der Waals surface area contributed by atoms with Crippen LogP contribution in [0.1, 0.15) is 5.56 Å². The number of hydrogen-bond acceptors (Lipinski definition) is 3. The first-order valence-electron chi connectivity index (χ1n) is 4.53. The summed E-state index contributed by atoms with van der Waals surface area (Å²) in [5.74, 6) is -4.43. The number of carbonyl (C=O) groups excluding carboxylic acids is 1. The molecule has 0 saturated carbocycles. The molecule has 0 aliphatic carbocycles. The Morgan fingerprint density at radius 1 is 1.17 bits per heavy atom. The molecule has 1 unspecified atom stereocenters. The number of ether oxygens (including phenoxy) is 1. The molecule has 0 aromatic heterocycles. The topological polar surface area (TPSA) is 52.3 Å². The summed E-state index contributed by atoms with van der Waals surface area (Å²) in [5, 5.41) is 0. The van der Waals surface area contributed by atoms with Crippen LogP contribution in [0.25, 0.3) is 0 Å². The fraction of sp³-hybridized carbons (Fsp3) is 0.300. The SMILES string of the molecule is COC(=O)C(N)(c1cc(F)cc(F)c1)C(F)(F)F. The Bertz CT molecular complexity index is 454. The van der Waals surface area contributed by atoms with Crippen molar-refractivity contribution < 1.29 is 31.5 Å². The van der Waals surface area contributed by atoms with Gasteiger partial charge in [0.2, 0.25) is 5.54 Å². The summed E-state index contributed by atoms with van der Waals surface area (Å²) >= 11 is 0. The lowest BCUT2D eigenvalue weighted by molar-refractivity contribution is -0.207. The van der Waals surface area contributed by atoms with E-state index in [0.29, 0.717) is 25.3 Å². The molecule has 8 heteroatoms. The Morgan fingerprint density at radius 3 is 1.94 bits per heavy atom. The minimum Gasteiger partial charge on any atom is -0.467 e. The van der Waals surface area contributed by atoms with Crippen molar-refractivity contribution >= 4 is 5.97 Å². The van der Waals surface area contributed by atoms with Gasteiger partial charge in [-0.3, -0.25) is 0 Å². The summed E-state index contributed by atoms with van der Waals surface area (Å²) in [6, 6.07) is 1.01. The quantitative estimate of drug-likeness (QED) is 0.658. The molecule has 0 amide bonds. The van der Waals surface area contributed by atoms with Gasteiger partial charge in [-0.2, -0.15) is 13.2 Å². The fourth-order valence-electron chi connectivity index (χ4n) is 1.34. The molecule has 100 valence electrons. The van der Waals surface area contributed by atoms with E-state index in [4.69, 9.17) is 5.73 Å². The van der Waals surface area contributed by atoms with Crippen molar-refractivity contribution in [3.05, 3.63) is 35.4 Å². The Hall–Kier alpha value is -1.70. The number of benzene rings is 1. The maximum absolute atomic E-state index is 12.9. The molecular weight excluding hydrogens is 261 g/mol. The lowest BCUT2D eigenvalue weighted by Gasteiger charge is -2.29. The van der Waals surface area contributed by atoms with Crippen LogP contribution in [0.5, 0.6) is 0 Å². The molecular formula is C10H8F5NO2. The van der Waals surface area contributed by atoms with Gasteiger partial charge in [-0.15, -0.1) is 0 Å². The van der Waals surface area contributed by atoms with E-state index in [0.717, 1.165) is 0 Å². The molecule has 3 nitrogen and oxygen atoms in total. The Kier molecular flexibility index (Phi) is 3.61. The first-order valence-corrected chi connectivity index (χ1v) is 4.53. The lowest BCUT2D eigenvalue weighted by Crippen LogP contribution is -2.57. The third-order valence-corrected chi connectivity index (χ3v) is 2.27. The van der Waals surface area contributed by atoms with E-state index in [-0.39, 0.29) is 0 Å². The van der Waals surface area contributed by atoms with E-state index < -0.39 is 34.9 Å². The monoisotopic (exact) mass is 269 g/mol. The number of hydrogen-bond donors (Lipinski definition) is 1. The molecule has 0 aliphatic rings. The molecule has 0 bridgehead atoms. The largest absolute Gasteiger partial charge is 0.467 e. The normalized spacial score (nSPS) is 15.1. The molecule has 0 spiro atoms. The van der Waals surface area contributed by atoms with Crippen molar-refractivity contribution in [1.29, 1.82) is 0 Å². The minimum atomic E-state index is -5.26. The van der Waals surface area contributed by atoms with Crippen LogP contribution in [-0.2, 0) is 15.1 Å². The Balaban J connectivity index is 3.49. The van der Waals surface area contributed by atoms with Crippen molar-refractivity contribution in [1.82, 2.24) is 0 Å². The molecule has 18 heavy (non-hydrogen) atoms. The Labute approximate surface area is 98.3 Å². The van der Waals surface area contributed by atoms with Crippen molar-refractivity contribution in [3.63, 3.8) is 0 Å². The van der Waals surface area contributed by atoms with Crippen LogP contribution in [0.15, 0.2) is 18.2 Å². The number of carbonyl (C=O) groups is 1. The van der Waals surface area contributed by atoms with E-state index in [1.165, 1.54) is 0 Å². The molecule has 0 aliphatic heterocycles. The second kappa shape index (κ2) is 4.52. The van der Waals surface area contributed by atoms with E-state index in [9.17, 15) is 26.7 Å². The number of halogens is 5. The predicted octanol–water partition coefficient (Wildman–Crippen LogP) is 1.85. The van der Waals surface area contributed by atoms with Crippen LogP contribution in [0.4, 0.5) is 22.0 Å². The molecule has 1 aromatic carbocycles. The van der Waals surface area contributed by atoms with Gasteiger partial charge >= 0.3 is 12.1 Å². The zero-order valence-corrected chi connectivity index (χ0v) is 9.02. The molecule has 2 N–H and O–H groups in total. The lowest BCUT2D eigenvalue weighted by atomic mass is 9.90. The van der Waals surface area contributed by atoms with Gasteiger partial charge in [0, 0.05) is 6.07 Å². The third-order valence-electron chi connectivity index (χ3n) is 2.27. The predicted molar refractivity (Wildman–Crippen MR) is 50.3 cm³/mol. The van der Waals surface area contributed by atoms with Gasteiger partial charge in [-0.1, -0.05) is 0 Å². The molecule has 0 heterocycles. The number of esters is 1. The average Bonchev–Trinajstić information content (AvgIpc) is 2.23. The molecule has 0 fully saturated rings. The highest BCUT2D eigenvalue weighted by Crippen LogP contribution is 2.38. The summed E-state index contributed by atoms with van der Waals surface area (Å²) in [6.07, 6.45) is -5.26. The van der Waals surface area contributed by atoms with Gasteiger partial charge < -0.3 is 10.5 Å². The second-order valence-electron chi connectivity index (χ2n) is 3.46. The highest BCUT2D eigenvalue weighted by molar-refractivity contribution is 5.83. The second-order valence-corrected chi connectivity index (χ2v) is 3.46. The minimum absolute atomic E-state index is 0.327. The van der Waals surface area contributed by atoms with Gasteiger partial charge in [0.05, 0.1) is 7.11 Å². The van der Waals surface area contributed by atoms with Gasteiger partial charge in [0.25, 0.3) is 0 Å². The van der Waals surface area contributed by atoms with Crippen LogP contribution in [-0.4, -0.2) is 19.3 Å². The maximum atomic E-state index is 12.9. The van der Waals surface area contributed by atoms with Crippen molar-refractivity contribution in [2.24, 2.45) is 5.73 Å². The summed E-state index contributed by atoms with van der Waals surface area (Å²) in [6.45, 7) is 0. The number of rotatable bonds is 2. The molecule has 1 atom stereocenters. The van der Waals surface area contributed by atoms with Crippen molar-refractivity contribution in [3.8, 4) is 0 Å². The summed E-state index contributed by atoms with van der Waals surface area (Å²) in [4.78, 5) is 11.2. The van der Waals surface area contributed by atoms with E-state index in [2.05, 4.69) is 4.74 Å². The number of nitrogens with two attached hydrogens (primary N) is 1. The van der Waals surface area contributed by atoms with Crippen LogP contribution in [0.2, 0.25) is 0 Å². The zero-order valence-electron chi connectivity index (χ0n) is 9.02. The zero-order chi connectivity index (χ0) is 14.1. The van der Waals surface area contributed by atoms with Gasteiger partial charge in [0.15, 0.2) is 0 Å². The first kappa shape index (κ1) is 14.4. The third kappa shape index (κ3) is 2.28. The highest BCUT2D eigenvalue weighted by Gasteiger charge is 2.60. The number of alkyl halides is 3. The van der Waals surface area contributed by atoms with Gasteiger partial charge in [0.1, 0.15) is 11.6 Å². The maximum Gasteiger partial charge on any atom is 0.421 e. The summed E-state index contributed by atoms with van der Waals surface area (Å²) in [7, 11) is 0.686. The summed E-state index contributed by atoms with van der Waals surface area (Å²) < 4.78 is 68.2. The molecule has 1 rings (SSSR count). The molecule has 0 saturated heterocycles. The molecule has 0 radical (unpaired) electrons. The highest BCUT2D eigenvalue weighted by atomic mass is 19.4. The van der Waals surface area contributed by atoms with Crippen LogP contribution >= 0.6 is 0 Å². The smallest absolute Gasteiger partial charge is 0.421 e. The standard InChI is InChI=1S/C10H8F5NO2/c1-18-8(17)9(16,10(13,14)15)5-2-6(11)4-7(12)3-5/h2-4H,16H2,1H3. The first-order chi connectivity index (χ1) is 8.12. The van der Waals surface area contributed by atoms with Crippen molar-refractivity contribution in [2.45, 2.75) is 11.7 Å². The van der Waals surface area contributed by atoms with Gasteiger partial charge in [-0.25, -0.2) is 13.6 Å². The van der Waals surface area contributed by atoms with E-state index >= 15 is 0 Å². The fourth-order valence-corrected chi connectivity index (χ4v) is 1.34. The van der Waals surface area contributed by atoms with E-state index in [1.54, 1.807) is 0 Å². The van der Waals surface area contributed by atoms with E-state index in [1.807, 2.05) is 0 Å². The number of methoxy groups -OCH3 is 1. The van der Waals surface area contributed by atoms with Crippen molar-refractivity contribution in [2.75, 3.05) is 7.11 Å². The van der Waals surface area contributed by atoms with Crippen LogP contribution < -0.4 is 5.73 Å².